The maximum Gasteiger partial charge on any atom is 0.221 e. The van der Waals surface area contributed by atoms with Gasteiger partial charge >= 0.3 is 0 Å². The molecule has 1 aromatic carbocycles. The number of hydrogen-bond acceptors (Lipinski definition) is 3. The molecule has 1 aliphatic heterocycles. The first-order valence-electron chi connectivity index (χ1n) is 9.07. The molecule has 1 heterocycles. The van der Waals surface area contributed by atoms with E-state index in [1.54, 1.807) is 0 Å². The summed E-state index contributed by atoms with van der Waals surface area (Å²) < 4.78 is 0. The van der Waals surface area contributed by atoms with Gasteiger partial charge in [-0.05, 0) is 37.9 Å². The molecule has 1 aromatic rings. The van der Waals surface area contributed by atoms with Crippen molar-refractivity contribution in [3.8, 4) is 0 Å². The fourth-order valence-electron chi connectivity index (χ4n) is 3.31. The molecule has 146 valence electrons. The first kappa shape index (κ1) is 22.7. The minimum absolute atomic E-state index is 0. The van der Waals surface area contributed by atoms with Gasteiger partial charge in [-0.25, -0.2) is 0 Å². The van der Waals surface area contributed by atoms with Crippen LogP contribution in [0.25, 0.3) is 0 Å². The second kappa shape index (κ2) is 12.1. The fourth-order valence-corrected chi connectivity index (χ4v) is 3.31. The number of aliphatic imine (C=N–C) groups is 1. The number of likely N-dealkylation sites (tertiary alicyclic amines) is 1. The molecule has 1 aliphatic rings. The van der Waals surface area contributed by atoms with Crippen molar-refractivity contribution in [2.24, 2.45) is 16.6 Å². The van der Waals surface area contributed by atoms with Gasteiger partial charge in [-0.3, -0.25) is 9.79 Å². The molecular weight excluding hydrogens is 441 g/mol. The highest BCUT2D eigenvalue weighted by atomic mass is 127. The van der Waals surface area contributed by atoms with E-state index in [9.17, 15) is 4.79 Å². The van der Waals surface area contributed by atoms with E-state index in [1.165, 1.54) is 5.56 Å². The van der Waals surface area contributed by atoms with E-state index in [1.807, 2.05) is 20.2 Å². The van der Waals surface area contributed by atoms with E-state index in [0.29, 0.717) is 0 Å². The van der Waals surface area contributed by atoms with Crippen molar-refractivity contribution in [1.82, 2.24) is 15.1 Å². The Hall–Kier alpha value is -1.35. The van der Waals surface area contributed by atoms with E-state index in [4.69, 9.17) is 5.73 Å². The molecule has 3 N–H and O–H groups in total. The van der Waals surface area contributed by atoms with Gasteiger partial charge in [0.05, 0.1) is 5.92 Å². The van der Waals surface area contributed by atoms with E-state index < -0.39 is 0 Å². The summed E-state index contributed by atoms with van der Waals surface area (Å²) in [6, 6.07) is 10.4. The van der Waals surface area contributed by atoms with Crippen LogP contribution in [0.15, 0.2) is 35.3 Å². The number of amides is 1. The van der Waals surface area contributed by atoms with Crippen molar-refractivity contribution in [1.29, 1.82) is 0 Å². The molecule has 6 nitrogen and oxygen atoms in total. The summed E-state index contributed by atoms with van der Waals surface area (Å²) in [7, 11) is 3.86. The lowest BCUT2D eigenvalue weighted by Gasteiger charge is -2.31. The van der Waals surface area contributed by atoms with Gasteiger partial charge in [0, 0.05) is 33.7 Å². The summed E-state index contributed by atoms with van der Waals surface area (Å²) >= 11 is 0. The van der Waals surface area contributed by atoms with Crippen molar-refractivity contribution in [3.05, 3.63) is 35.9 Å². The molecule has 0 bridgehead atoms. The van der Waals surface area contributed by atoms with Gasteiger partial charge < -0.3 is 20.9 Å². The zero-order valence-electron chi connectivity index (χ0n) is 15.9. The van der Waals surface area contributed by atoms with Crippen LogP contribution in [0.1, 0.15) is 24.8 Å². The minimum atomic E-state index is -0.161. The van der Waals surface area contributed by atoms with Crippen molar-refractivity contribution in [3.63, 3.8) is 0 Å². The number of piperidine rings is 1. The fraction of sp³-hybridized carbons (Fsp3) is 0.579. The standard InChI is InChI=1S/C19H31N5O.HI/c1-21-19(23(2)14-16-8-4-3-5-9-16)22-11-7-13-24-12-6-10-17(15-24)18(20)25;/h3-5,8-9,17H,6-7,10-15H2,1-2H3,(H2,20,25)(H,21,22);1H. The van der Waals surface area contributed by atoms with Crippen molar-refractivity contribution in [2.75, 3.05) is 40.3 Å². The molecule has 1 unspecified atom stereocenters. The molecule has 0 saturated carbocycles. The monoisotopic (exact) mass is 473 g/mol. The zero-order valence-corrected chi connectivity index (χ0v) is 18.2. The van der Waals surface area contributed by atoms with Crippen LogP contribution in [0.5, 0.6) is 0 Å². The third-order valence-electron chi connectivity index (χ3n) is 4.68. The number of carbonyl (C=O) groups is 1. The quantitative estimate of drug-likeness (QED) is 0.275. The Morgan fingerprint density at radius 2 is 2.12 bits per heavy atom. The predicted molar refractivity (Wildman–Crippen MR) is 118 cm³/mol. The first-order chi connectivity index (χ1) is 12.1. The molecule has 2 rings (SSSR count). The number of carbonyl (C=O) groups excluding carboxylic acids is 1. The number of rotatable bonds is 7. The average Bonchev–Trinajstić information content (AvgIpc) is 2.62. The molecule has 1 atom stereocenters. The highest BCUT2D eigenvalue weighted by Crippen LogP contribution is 2.15. The minimum Gasteiger partial charge on any atom is -0.369 e. The van der Waals surface area contributed by atoms with E-state index in [2.05, 4.69) is 44.4 Å². The Balaban J connectivity index is 0.00000338. The number of nitrogens with two attached hydrogens (primary N) is 1. The van der Waals surface area contributed by atoms with Gasteiger partial charge in [0.2, 0.25) is 5.91 Å². The van der Waals surface area contributed by atoms with Gasteiger partial charge in [-0.1, -0.05) is 30.3 Å². The van der Waals surface area contributed by atoms with Crippen LogP contribution in [0.4, 0.5) is 0 Å². The number of halogens is 1. The van der Waals surface area contributed by atoms with Crippen LogP contribution >= 0.6 is 24.0 Å². The van der Waals surface area contributed by atoms with Gasteiger partial charge in [-0.15, -0.1) is 24.0 Å². The Labute approximate surface area is 174 Å². The van der Waals surface area contributed by atoms with Crippen LogP contribution in [0.2, 0.25) is 0 Å². The van der Waals surface area contributed by atoms with Gasteiger partial charge in [-0.2, -0.15) is 0 Å². The summed E-state index contributed by atoms with van der Waals surface area (Å²) in [6.07, 6.45) is 3.01. The second-order valence-electron chi connectivity index (χ2n) is 6.71. The van der Waals surface area contributed by atoms with Gasteiger partial charge in [0.15, 0.2) is 5.96 Å². The third-order valence-corrected chi connectivity index (χ3v) is 4.68. The molecule has 0 spiro atoms. The van der Waals surface area contributed by atoms with Crippen LogP contribution in [-0.4, -0.2) is 61.9 Å². The Morgan fingerprint density at radius 1 is 1.38 bits per heavy atom. The molecule has 1 amide bonds. The molecule has 1 saturated heterocycles. The zero-order chi connectivity index (χ0) is 18.1. The van der Waals surface area contributed by atoms with E-state index in [0.717, 1.165) is 57.9 Å². The topological polar surface area (TPSA) is 74.0 Å². The number of nitrogens with zero attached hydrogens (tertiary/aromatic N) is 3. The first-order valence-corrected chi connectivity index (χ1v) is 9.07. The molecule has 0 aromatic heterocycles. The number of benzene rings is 1. The number of guanidine groups is 1. The SMILES string of the molecule is CN=C(NCCCN1CCCC(C(N)=O)C1)N(C)Cc1ccccc1.I. The average molecular weight is 473 g/mol. The maximum atomic E-state index is 11.3. The summed E-state index contributed by atoms with van der Waals surface area (Å²) in [4.78, 5) is 20.2. The summed E-state index contributed by atoms with van der Waals surface area (Å²) in [5.41, 5.74) is 6.70. The molecular formula is C19H32IN5O. The van der Waals surface area contributed by atoms with E-state index in [-0.39, 0.29) is 35.8 Å². The molecule has 0 radical (unpaired) electrons. The summed E-state index contributed by atoms with van der Waals surface area (Å²) in [6.45, 7) is 4.54. The highest BCUT2D eigenvalue weighted by Gasteiger charge is 2.23. The number of primary amides is 1. The second-order valence-corrected chi connectivity index (χ2v) is 6.71. The number of nitrogens with one attached hydrogen (secondary N) is 1. The lowest BCUT2D eigenvalue weighted by molar-refractivity contribution is -0.123. The highest BCUT2D eigenvalue weighted by molar-refractivity contribution is 14.0. The van der Waals surface area contributed by atoms with Crippen molar-refractivity contribution >= 4 is 35.8 Å². The third kappa shape index (κ3) is 7.49. The molecule has 7 heteroatoms. The summed E-state index contributed by atoms with van der Waals surface area (Å²) in [5.74, 6) is 0.759. The largest absolute Gasteiger partial charge is 0.369 e. The van der Waals surface area contributed by atoms with Crippen LogP contribution in [0.3, 0.4) is 0 Å². The van der Waals surface area contributed by atoms with Crippen LogP contribution in [0, 0.1) is 5.92 Å². The van der Waals surface area contributed by atoms with Crippen LogP contribution < -0.4 is 11.1 Å². The Kier molecular flexibility index (Phi) is 10.6. The smallest absolute Gasteiger partial charge is 0.221 e. The Morgan fingerprint density at radius 3 is 2.77 bits per heavy atom. The van der Waals surface area contributed by atoms with E-state index >= 15 is 0 Å². The predicted octanol–water partition coefficient (Wildman–Crippen LogP) is 1.90. The molecule has 0 aliphatic carbocycles. The van der Waals surface area contributed by atoms with Gasteiger partial charge in [0.1, 0.15) is 0 Å². The Bertz CT molecular complexity index is 566. The molecule has 26 heavy (non-hydrogen) atoms. The lowest BCUT2D eigenvalue weighted by atomic mass is 9.97. The maximum absolute atomic E-state index is 11.3. The number of hydrogen-bond donors (Lipinski definition) is 2. The van der Waals surface area contributed by atoms with Crippen LogP contribution in [-0.2, 0) is 11.3 Å². The van der Waals surface area contributed by atoms with Gasteiger partial charge in [0.25, 0.3) is 0 Å². The molecule has 1 fully saturated rings. The summed E-state index contributed by atoms with van der Waals surface area (Å²) in [5, 5.41) is 3.42. The lowest BCUT2D eigenvalue weighted by Crippen LogP contribution is -2.43. The van der Waals surface area contributed by atoms with Crippen molar-refractivity contribution in [2.45, 2.75) is 25.8 Å². The van der Waals surface area contributed by atoms with Crippen molar-refractivity contribution < 1.29 is 4.79 Å². The normalized spacial score (nSPS) is 18.1.